The van der Waals surface area contributed by atoms with E-state index in [1.165, 1.54) is 24.0 Å². The molecule has 0 saturated carbocycles. The van der Waals surface area contributed by atoms with E-state index in [0.717, 1.165) is 42.2 Å². The molecule has 0 aliphatic carbocycles. The molecule has 2 aliphatic heterocycles. The lowest BCUT2D eigenvalue weighted by atomic mass is 9.87. The second kappa shape index (κ2) is 9.70. The van der Waals surface area contributed by atoms with Gasteiger partial charge in [-0.15, -0.1) is 12.4 Å². The Balaban J connectivity index is 0.00000245. The highest BCUT2D eigenvalue weighted by molar-refractivity contribution is 5.85. The summed E-state index contributed by atoms with van der Waals surface area (Å²) in [6.45, 7) is 8.21. The van der Waals surface area contributed by atoms with E-state index in [-0.39, 0.29) is 25.1 Å². The fourth-order valence-electron chi connectivity index (χ4n) is 4.80. The van der Waals surface area contributed by atoms with E-state index in [9.17, 15) is 5.11 Å². The highest BCUT2D eigenvalue weighted by Crippen LogP contribution is 2.32. The van der Waals surface area contributed by atoms with Gasteiger partial charge < -0.3 is 20.1 Å². The van der Waals surface area contributed by atoms with Gasteiger partial charge in [0.1, 0.15) is 11.6 Å². The minimum absolute atomic E-state index is 0. The number of morpholine rings is 1. The number of ether oxygens (including phenoxy) is 1. The van der Waals surface area contributed by atoms with Crippen molar-refractivity contribution in [1.82, 2.24) is 25.1 Å². The van der Waals surface area contributed by atoms with Gasteiger partial charge in [0.25, 0.3) is 0 Å². The molecule has 1 atom stereocenters. The first kappa shape index (κ1) is 22.9. The second-order valence-corrected chi connectivity index (χ2v) is 8.60. The Morgan fingerprint density at radius 3 is 2.69 bits per heavy atom. The van der Waals surface area contributed by atoms with Crippen LogP contribution in [-0.2, 0) is 4.74 Å². The number of anilines is 1. The number of hydrogen-bond acceptors (Lipinski definition) is 7. The van der Waals surface area contributed by atoms with Crippen molar-refractivity contribution in [2.75, 3.05) is 44.3 Å². The van der Waals surface area contributed by atoms with E-state index >= 15 is 0 Å². The third-order valence-corrected chi connectivity index (χ3v) is 6.43. The molecule has 9 heteroatoms. The number of aryl methyl sites for hydroxylation is 2. The summed E-state index contributed by atoms with van der Waals surface area (Å²) in [5.74, 6) is 2.90. The largest absolute Gasteiger partial charge is 0.394 e. The molecule has 0 radical (unpaired) electrons. The van der Waals surface area contributed by atoms with Crippen LogP contribution in [0.15, 0.2) is 24.4 Å². The van der Waals surface area contributed by atoms with Crippen LogP contribution < -0.4 is 10.2 Å². The molecule has 0 amide bonds. The van der Waals surface area contributed by atoms with Gasteiger partial charge in [0.05, 0.1) is 31.0 Å². The monoisotopic (exact) mass is 458 g/mol. The third-order valence-electron chi connectivity index (χ3n) is 6.43. The van der Waals surface area contributed by atoms with Gasteiger partial charge >= 0.3 is 0 Å². The predicted octanol–water partition coefficient (Wildman–Crippen LogP) is 2.52. The van der Waals surface area contributed by atoms with Crippen LogP contribution in [0.4, 0.5) is 5.82 Å². The summed E-state index contributed by atoms with van der Waals surface area (Å²) < 4.78 is 7.53. The van der Waals surface area contributed by atoms with Gasteiger partial charge in [-0.25, -0.2) is 14.6 Å². The van der Waals surface area contributed by atoms with Crippen molar-refractivity contribution in [3.8, 4) is 5.82 Å². The molecule has 32 heavy (non-hydrogen) atoms. The SMILES string of the molecule is Cc1nc(N2CCOC(CO)C2)cc(-n2ncc3cc(C)c(C4CCNCC4)cc32)n1.Cl. The smallest absolute Gasteiger partial charge is 0.159 e. The number of hydrogen-bond donors (Lipinski definition) is 2. The lowest BCUT2D eigenvalue weighted by Crippen LogP contribution is -2.44. The van der Waals surface area contributed by atoms with E-state index in [0.29, 0.717) is 24.9 Å². The summed E-state index contributed by atoms with van der Waals surface area (Å²) in [7, 11) is 0. The summed E-state index contributed by atoms with van der Waals surface area (Å²) in [6, 6.07) is 6.55. The van der Waals surface area contributed by atoms with Crippen molar-refractivity contribution < 1.29 is 9.84 Å². The topological polar surface area (TPSA) is 88.3 Å². The van der Waals surface area contributed by atoms with Crippen LogP contribution in [0.2, 0.25) is 0 Å². The van der Waals surface area contributed by atoms with Crippen LogP contribution in [0.1, 0.15) is 35.7 Å². The molecule has 1 aromatic carbocycles. The molecular weight excluding hydrogens is 428 g/mol. The number of benzene rings is 1. The number of nitrogens with one attached hydrogen (secondary N) is 1. The molecule has 2 aliphatic rings. The van der Waals surface area contributed by atoms with E-state index in [1.807, 2.05) is 23.9 Å². The molecular formula is C23H31ClN6O2. The first-order valence-corrected chi connectivity index (χ1v) is 11.1. The van der Waals surface area contributed by atoms with Gasteiger partial charge in [-0.2, -0.15) is 5.10 Å². The van der Waals surface area contributed by atoms with Crippen LogP contribution in [-0.4, -0.2) is 70.4 Å². The minimum atomic E-state index is -0.187. The summed E-state index contributed by atoms with van der Waals surface area (Å²) in [5.41, 5.74) is 3.83. The van der Waals surface area contributed by atoms with Crippen molar-refractivity contribution in [3.63, 3.8) is 0 Å². The van der Waals surface area contributed by atoms with E-state index in [2.05, 4.69) is 39.4 Å². The van der Waals surface area contributed by atoms with Crippen molar-refractivity contribution in [1.29, 1.82) is 0 Å². The minimum Gasteiger partial charge on any atom is -0.394 e. The van der Waals surface area contributed by atoms with Gasteiger partial charge in [-0.3, -0.25) is 0 Å². The van der Waals surface area contributed by atoms with E-state index in [1.54, 1.807) is 0 Å². The predicted molar refractivity (Wildman–Crippen MR) is 127 cm³/mol. The number of rotatable bonds is 4. The summed E-state index contributed by atoms with van der Waals surface area (Å²) >= 11 is 0. The maximum Gasteiger partial charge on any atom is 0.159 e. The van der Waals surface area contributed by atoms with Crippen molar-refractivity contribution in [3.05, 3.63) is 41.3 Å². The summed E-state index contributed by atoms with van der Waals surface area (Å²) in [6.07, 6.45) is 4.07. The Morgan fingerprint density at radius 2 is 1.91 bits per heavy atom. The van der Waals surface area contributed by atoms with Crippen LogP contribution in [0.25, 0.3) is 16.7 Å². The Morgan fingerprint density at radius 1 is 1.12 bits per heavy atom. The number of fused-ring (bicyclic) bond motifs is 1. The van der Waals surface area contributed by atoms with Gasteiger partial charge in [-0.1, -0.05) is 0 Å². The quantitative estimate of drug-likeness (QED) is 0.621. The van der Waals surface area contributed by atoms with Crippen molar-refractivity contribution >= 4 is 29.1 Å². The molecule has 2 N–H and O–H groups in total. The fraction of sp³-hybridized carbons (Fsp3) is 0.522. The Kier molecular flexibility index (Phi) is 6.95. The normalized spacial score (nSPS) is 19.8. The molecule has 2 saturated heterocycles. The maximum absolute atomic E-state index is 9.49. The molecule has 8 nitrogen and oxygen atoms in total. The lowest BCUT2D eigenvalue weighted by Gasteiger charge is -2.33. The zero-order chi connectivity index (χ0) is 21.4. The van der Waals surface area contributed by atoms with Gasteiger partial charge in [-0.05, 0) is 69.0 Å². The third kappa shape index (κ3) is 4.45. The molecule has 1 unspecified atom stereocenters. The molecule has 0 spiro atoms. The summed E-state index contributed by atoms with van der Waals surface area (Å²) in [4.78, 5) is 11.5. The highest BCUT2D eigenvalue weighted by atomic mass is 35.5. The number of piperidine rings is 1. The van der Waals surface area contributed by atoms with Gasteiger partial charge in [0.15, 0.2) is 5.82 Å². The fourth-order valence-corrected chi connectivity index (χ4v) is 4.80. The van der Waals surface area contributed by atoms with E-state index in [4.69, 9.17) is 9.72 Å². The average molecular weight is 459 g/mol. The molecule has 2 fully saturated rings. The maximum atomic E-state index is 9.49. The molecule has 0 bridgehead atoms. The number of aromatic nitrogens is 4. The van der Waals surface area contributed by atoms with Crippen LogP contribution >= 0.6 is 12.4 Å². The number of halogens is 1. The first-order valence-electron chi connectivity index (χ1n) is 11.1. The second-order valence-electron chi connectivity index (χ2n) is 8.60. The van der Waals surface area contributed by atoms with Crippen molar-refractivity contribution in [2.45, 2.75) is 38.7 Å². The average Bonchev–Trinajstić information content (AvgIpc) is 3.21. The van der Waals surface area contributed by atoms with Crippen molar-refractivity contribution in [2.24, 2.45) is 0 Å². The zero-order valence-corrected chi connectivity index (χ0v) is 19.4. The molecule has 3 aromatic rings. The van der Waals surface area contributed by atoms with Crippen LogP contribution in [0.3, 0.4) is 0 Å². The Labute approximate surface area is 194 Å². The standard InChI is InChI=1S/C23H30N6O2.ClH/c1-15-9-18-12-25-29(21(18)10-20(15)17-3-5-24-6-4-17)23-11-22(26-16(2)27-23)28-7-8-31-19(13-28)14-30;/h9-12,17,19,24,30H,3-8,13-14H2,1-2H3;1H. The van der Waals surface area contributed by atoms with Gasteiger partial charge in [0, 0.05) is 24.5 Å². The zero-order valence-electron chi connectivity index (χ0n) is 18.6. The molecule has 4 heterocycles. The lowest BCUT2D eigenvalue weighted by molar-refractivity contribution is 0.00335. The number of aliphatic hydroxyl groups excluding tert-OH is 1. The Bertz CT molecular complexity index is 1080. The first-order chi connectivity index (χ1) is 15.1. The molecule has 5 rings (SSSR count). The molecule has 2 aromatic heterocycles. The highest BCUT2D eigenvalue weighted by Gasteiger charge is 2.23. The summed E-state index contributed by atoms with van der Waals surface area (Å²) in [5, 5.41) is 18.8. The number of aliphatic hydroxyl groups is 1. The Hall–Kier alpha value is -2.26. The van der Waals surface area contributed by atoms with Crippen LogP contribution in [0, 0.1) is 13.8 Å². The number of nitrogens with zero attached hydrogens (tertiary/aromatic N) is 5. The molecule has 172 valence electrons. The van der Waals surface area contributed by atoms with Gasteiger partial charge in [0.2, 0.25) is 0 Å². The van der Waals surface area contributed by atoms with Crippen LogP contribution in [0.5, 0.6) is 0 Å². The van der Waals surface area contributed by atoms with E-state index < -0.39 is 0 Å².